The van der Waals surface area contributed by atoms with Crippen LogP contribution in [0.15, 0.2) is 18.2 Å². The van der Waals surface area contributed by atoms with Crippen LogP contribution in [0.2, 0.25) is 0 Å². The number of hydrogen-bond donors (Lipinski definition) is 1. The summed E-state index contributed by atoms with van der Waals surface area (Å²) in [4.78, 5) is 19.2. The Balaban J connectivity index is 1.61. The lowest BCUT2D eigenvalue weighted by atomic mass is 10.2. The van der Waals surface area contributed by atoms with E-state index in [1.807, 2.05) is 39.0 Å². The van der Waals surface area contributed by atoms with E-state index in [0.29, 0.717) is 43.5 Å². The summed E-state index contributed by atoms with van der Waals surface area (Å²) < 4.78 is 13.4. The number of carbonyl (C=O) groups excluding carboxylic acids is 1. The molecule has 0 saturated carbocycles. The van der Waals surface area contributed by atoms with Gasteiger partial charge in [0.25, 0.3) is 0 Å². The van der Waals surface area contributed by atoms with Crippen LogP contribution in [0, 0.1) is 13.8 Å². The molecule has 0 unspecified atom stereocenters. The number of ether oxygens (including phenoxy) is 2. The molecule has 2 heterocycles. The molecule has 3 rings (SSSR count). The van der Waals surface area contributed by atoms with Crippen molar-refractivity contribution >= 4 is 11.6 Å². The highest BCUT2D eigenvalue weighted by atomic mass is 16.5. The normalized spacial score (nSPS) is 13.9. The molecule has 1 aliphatic heterocycles. The maximum absolute atomic E-state index is 12.5. The molecular weight excluding hydrogens is 344 g/mol. The largest absolute Gasteiger partial charge is 0.490 e. The van der Waals surface area contributed by atoms with Gasteiger partial charge in [-0.1, -0.05) is 0 Å². The van der Waals surface area contributed by atoms with Crippen molar-refractivity contribution < 1.29 is 14.3 Å². The van der Waals surface area contributed by atoms with Gasteiger partial charge in [0.15, 0.2) is 11.5 Å². The first-order valence-corrected chi connectivity index (χ1v) is 9.46. The van der Waals surface area contributed by atoms with Crippen LogP contribution in [0.5, 0.6) is 11.5 Å². The Morgan fingerprint density at radius 2 is 1.89 bits per heavy atom. The average molecular weight is 372 g/mol. The number of rotatable bonds is 7. The van der Waals surface area contributed by atoms with Crippen molar-refractivity contribution in [3.05, 3.63) is 35.4 Å². The Labute approximate surface area is 160 Å². The van der Waals surface area contributed by atoms with Gasteiger partial charge in [-0.15, -0.1) is 0 Å². The van der Waals surface area contributed by atoms with Crippen molar-refractivity contribution in [1.82, 2.24) is 14.5 Å². The molecule has 7 nitrogen and oxygen atoms in total. The average Bonchev–Trinajstić information content (AvgIpc) is 2.91. The molecule has 1 amide bonds. The summed E-state index contributed by atoms with van der Waals surface area (Å²) in [5, 5.41) is 2.95. The van der Waals surface area contributed by atoms with Gasteiger partial charge < -0.3 is 19.4 Å². The fourth-order valence-corrected chi connectivity index (χ4v) is 3.33. The Kier molecular flexibility index (Phi) is 6.01. The minimum absolute atomic E-state index is 0.0462. The van der Waals surface area contributed by atoms with Crippen LogP contribution in [0.25, 0.3) is 0 Å². The molecule has 0 aliphatic carbocycles. The van der Waals surface area contributed by atoms with Crippen LogP contribution in [0.1, 0.15) is 31.1 Å². The highest BCUT2D eigenvalue weighted by molar-refractivity contribution is 5.92. The molecule has 0 fully saturated rings. The van der Waals surface area contributed by atoms with Gasteiger partial charge >= 0.3 is 0 Å². The number of benzene rings is 1. The van der Waals surface area contributed by atoms with Crippen molar-refractivity contribution in [2.24, 2.45) is 0 Å². The molecule has 7 heteroatoms. The third kappa shape index (κ3) is 4.42. The van der Waals surface area contributed by atoms with Crippen molar-refractivity contribution in [3.8, 4) is 11.5 Å². The number of carbonyl (C=O) groups is 1. The molecule has 1 aromatic carbocycles. The van der Waals surface area contributed by atoms with Gasteiger partial charge in [0, 0.05) is 30.5 Å². The van der Waals surface area contributed by atoms with Crippen LogP contribution >= 0.6 is 0 Å². The topological polar surface area (TPSA) is 68.6 Å². The zero-order chi connectivity index (χ0) is 19.4. The number of anilines is 1. The number of aryl methyl sites for hydroxylation is 1. The Bertz CT molecular complexity index is 816. The Morgan fingerprint density at radius 1 is 1.15 bits per heavy atom. The van der Waals surface area contributed by atoms with Gasteiger partial charge in [-0.2, -0.15) is 0 Å². The minimum atomic E-state index is -0.0462. The van der Waals surface area contributed by atoms with E-state index in [4.69, 9.17) is 9.47 Å². The van der Waals surface area contributed by atoms with Gasteiger partial charge in [-0.3, -0.25) is 9.69 Å². The van der Waals surface area contributed by atoms with Gasteiger partial charge in [0.05, 0.1) is 32.0 Å². The maximum Gasteiger partial charge on any atom is 0.238 e. The quantitative estimate of drug-likeness (QED) is 0.809. The fourth-order valence-electron chi connectivity index (χ4n) is 3.33. The highest BCUT2D eigenvalue weighted by Gasteiger charge is 2.22. The molecule has 0 spiro atoms. The zero-order valence-electron chi connectivity index (χ0n) is 16.5. The summed E-state index contributed by atoms with van der Waals surface area (Å²) in [7, 11) is 0. The summed E-state index contributed by atoms with van der Waals surface area (Å²) in [6, 6.07) is 5.47. The van der Waals surface area contributed by atoms with Crippen molar-refractivity contribution in [2.45, 2.75) is 40.8 Å². The molecule has 0 atom stereocenters. The SMILES string of the molecule is CCOc1ccc(NC(=O)CN2CCn3c(nc(C)c3C)C2)cc1OCC. The van der Waals surface area contributed by atoms with Crippen LogP contribution in [-0.2, 0) is 17.9 Å². The lowest BCUT2D eigenvalue weighted by Crippen LogP contribution is -2.39. The van der Waals surface area contributed by atoms with E-state index in [9.17, 15) is 4.79 Å². The monoisotopic (exact) mass is 372 g/mol. The molecule has 0 bridgehead atoms. The highest BCUT2D eigenvalue weighted by Crippen LogP contribution is 2.30. The van der Waals surface area contributed by atoms with Crippen molar-refractivity contribution in [2.75, 3.05) is 31.6 Å². The fraction of sp³-hybridized carbons (Fsp3) is 0.500. The number of hydrogen-bond acceptors (Lipinski definition) is 5. The number of imidazole rings is 1. The number of amides is 1. The third-order valence-corrected chi connectivity index (χ3v) is 4.74. The Hall–Kier alpha value is -2.54. The first-order valence-electron chi connectivity index (χ1n) is 9.46. The molecule has 2 aromatic rings. The second kappa shape index (κ2) is 8.43. The molecule has 0 radical (unpaired) electrons. The van der Waals surface area contributed by atoms with Crippen LogP contribution in [0.4, 0.5) is 5.69 Å². The summed E-state index contributed by atoms with van der Waals surface area (Å²) in [6.45, 7) is 11.8. The number of nitrogens with one attached hydrogen (secondary N) is 1. The first-order chi connectivity index (χ1) is 13.0. The zero-order valence-corrected chi connectivity index (χ0v) is 16.5. The third-order valence-electron chi connectivity index (χ3n) is 4.74. The number of aromatic nitrogens is 2. The molecular formula is C20H28N4O3. The molecule has 1 aromatic heterocycles. The van der Waals surface area contributed by atoms with E-state index in [0.717, 1.165) is 24.6 Å². The summed E-state index contributed by atoms with van der Waals surface area (Å²) in [5.74, 6) is 2.31. The first kappa shape index (κ1) is 19.2. The molecule has 1 aliphatic rings. The predicted molar refractivity (Wildman–Crippen MR) is 104 cm³/mol. The second-order valence-electron chi connectivity index (χ2n) is 6.64. The van der Waals surface area contributed by atoms with Crippen LogP contribution in [-0.4, -0.2) is 46.7 Å². The molecule has 146 valence electrons. The van der Waals surface area contributed by atoms with E-state index < -0.39 is 0 Å². The van der Waals surface area contributed by atoms with Crippen molar-refractivity contribution in [3.63, 3.8) is 0 Å². The molecule has 1 N–H and O–H groups in total. The Morgan fingerprint density at radius 3 is 2.63 bits per heavy atom. The van der Waals surface area contributed by atoms with E-state index in [-0.39, 0.29) is 5.91 Å². The van der Waals surface area contributed by atoms with Gasteiger partial charge in [0.2, 0.25) is 5.91 Å². The van der Waals surface area contributed by atoms with Crippen LogP contribution in [0.3, 0.4) is 0 Å². The lowest BCUT2D eigenvalue weighted by Gasteiger charge is -2.27. The van der Waals surface area contributed by atoms with Gasteiger partial charge in [-0.25, -0.2) is 4.98 Å². The standard InChI is InChI=1S/C20H28N4O3/c1-5-26-17-8-7-16(11-18(17)27-6-2)22-20(25)13-23-9-10-24-15(4)14(3)21-19(24)12-23/h7-8,11H,5-6,9-10,12-13H2,1-4H3,(H,22,25). The van der Waals surface area contributed by atoms with Crippen molar-refractivity contribution in [1.29, 1.82) is 0 Å². The van der Waals surface area contributed by atoms with E-state index in [1.165, 1.54) is 5.69 Å². The lowest BCUT2D eigenvalue weighted by molar-refractivity contribution is -0.117. The summed E-state index contributed by atoms with van der Waals surface area (Å²) in [5.41, 5.74) is 2.98. The van der Waals surface area contributed by atoms with E-state index >= 15 is 0 Å². The number of nitrogens with zero attached hydrogens (tertiary/aromatic N) is 3. The summed E-state index contributed by atoms with van der Waals surface area (Å²) >= 11 is 0. The minimum Gasteiger partial charge on any atom is -0.490 e. The number of fused-ring (bicyclic) bond motifs is 1. The predicted octanol–water partition coefficient (Wildman–Crippen LogP) is 2.75. The van der Waals surface area contributed by atoms with Crippen LogP contribution < -0.4 is 14.8 Å². The molecule has 27 heavy (non-hydrogen) atoms. The van der Waals surface area contributed by atoms with E-state index in [1.54, 1.807) is 0 Å². The summed E-state index contributed by atoms with van der Waals surface area (Å²) in [6.07, 6.45) is 0. The maximum atomic E-state index is 12.5. The van der Waals surface area contributed by atoms with Gasteiger partial charge in [-0.05, 0) is 39.8 Å². The smallest absolute Gasteiger partial charge is 0.238 e. The van der Waals surface area contributed by atoms with Gasteiger partial charge in [0.1, 0.15) is 5.82 Å². The second-order valence-corrected chi connectivity index (χ2v) is 6.64. The molecule has 0 saturated heterocycles. The van der Waals surface area contributed by atoms with E-state index in [2.05, 4.69) is 26.7 Å².